The van der Waals surface area contributed by atoms with E-state index < -0.39 is 12.1 Å². The van der Waals surface area contributed by atoms with E-state index in [1.165, 1.54) is 18.1 Å². The normalized spacial score (nSPS) is 13.3. The van der Waals surface area contributed by atoms with E-state index in [0.717, 1.165) is 40.6 Å². The van der Waals surface area contributed by atoms with E-state index in [0.29, 0.717) is 36.8 Å². The van der Waals surface area contributed by atoms with Gasteiger partial charge in [0.15, 0.2) is 0 Å². The molecule has 3 aromatic heterocycles. The van der Waals surface area contributed by atoms with Crippen molar-refractivity contribution >= 4 is 34.5 Å². The Hall–Kier alpha value is -4.66. The Morgan fingerprint density at radius 3 is 2.84 bits per heavy atom. The molecule has 0 spiro atoms. The summed E-state index contributed by atoms with van der Waals surface area (Å²) in [6.45, 7) is 0.862. The number of fused-ring (bicyclic) bond motifs is 2. The largest absolute Gasteiger partial charge is 0.493 e. The molecule has 1 aliphatic heterocycles. The number of carbonyl (C=O) groups excluding carboxylic acids is 1. The van der Waals surface area contributed by atoms with Gasteiger partial charge in [-0.2, -0.15) is 0 Å². The summed E-state index contributed by atoms with van der Waals surface area (Å²) in [7, 11) is 1.35. The van der Waals surface area contributed by atoms with Gasteiger partial charge in [-0.15, -0.1) is 0 Å². The van der Waals surface area contributed by atoms with Crippen LogP contribution < -0.4 is 9.64 Å². The molecule has 4 heterocycles. The highest BCUT2D eigenvalue weighted by Crippen LogP contribution is 2.28. The summed E-state index contributed by atoms with van der Waals surface area (Å²) in [5.74, 6) is 0.779. The average molecular weight is 499 g/mol. The van der Waals surface area contributed by atoms with Crippen LogP contribution in [0, 0.1) is 0 Å². The zero-order valence-corrected chi connectivity index (χ0v) is 20.3. The van der Waals surface area contributed by atoms with E-state index in [9.17, 15) is 14.7 Å². The number of methoxy groups -OCH3 is 1. The van der Waals surface area contributed by atoms with Crippen LogP contribution in [0.3, 0.4) is 0 Å². The molecule has 4 aromatic rings. The van der Waals surface area contributed by atoms with Gasteiger partial charge >= 0.3 is 12.1 Å². The summed E-state index contributed by atoms with van der Waals surface area (Å²) in [5.41, 5.74) is 4.08. The number of ether oxygens (including phenoxy) is 2. The summed E-state index contributed by atoms with van der Waals surface area (Å²) < 4.78 is 12.8. The van der Waals surface area contributed by atoms with Crippen LogP contribution >= 0.6 is 0 Å². The quantitative estimate of drug-likeness (QED) is 0.294. The van der Waals surface area contributed by atoms with Gasteiger partial charge in [0.05, 0.1) is 24.9 Å². The highest BCUT2D eigenvalue weighted by Gasteiger charge is 2.23. The number of benzene rings is 1. The molecule has 1 aliphatic rings. The molecule has 9 heteroatoms. The molecule has 0 aliphatic carbocycles. The third kappa shape index (κ3) is 5.16. The van der Waals surface area contributed by atoms with Crippen molar-refractivity contribution in [2.75, 3.05) is 25.2 Å². The Balaban J connectivity index is 1.32. The molecule has 1 N–H and O–H groups in total. The van der Waals surface area contributed by atoms with Gasteiger partial charge in [0.25, 0.3) is 0 Å². The number of carbonyl (C=O) groups is 2. The topological polar surface area (TPSA) is 107 Å². The molecule has 0 radical (unpaired) electrons. The number of hydrogen-bond acceptors (Lipinski definition) is 6. The van der Waals surface area contributed by atoms with Crippen LogP contribution in [-0.4, -0.2) is 52.0 Å². The zero-order valence-electron chi connectivity index (χ0n) is 20.3. The molecule has 1 amide bonds. The van der Waals surface area contributed by atoms with Crippen LogP contribution in [0.4, 0.5) is 10.6 Å². The van der Waals surface area contributed by atoms with Gasteiger partial charge in [-0.3, -0.25) is 9.88 Å². The van der Waals surface area contributed by atoms with Crippen molar-refractivity contribution in [1.29, 1.82) is 0 Å². The molecular weight excluding hydrogens is 472 g/mol. The standard InChI is InChI=1S/C28H26N4O5/c1-36-26(33)17-25(21-4-2-12-29-18-21)31-14-10-20-16-23(8-9-24(20)31)37-15-11-22-7-6-19-5-3-13-32(28(34)35)27(19)30-22/h2,4,6-10,12,14,16-18H,3,5,11,13,15H2,1H3,(H,34,35)/b25-17+. The molecule has 0 unspecified atom stereocenters. The molecule has 0 fully saturated rings. The van der Waals surface area contributed by atoms with E-state index in [1.807, 2.05) is 59.3 Å². The number of rotatable bonds is 7. The molecular formula is C28H26N4O5. The lowest BCUT2D eigenvalue weighted by Crippen LogP contribution is -2.35. The lowest BCUT2D eigenvalue weighted by molar-refractivity contribution is -0.134. The second kappa shape index (κ2) is 10.5. The minimum Gasteiger partial charge on any atom is -0.493 e. The van der Waals surface area contributed by atoms with Crippen molar-refractivity contribution in [2.45, 2.75) is 19.3 Å². The van der Waals surface area contributed by atoms with Crippen molar-refractivity contribution in [1.82, 2.24) is 14.5 Å². The Labute approximate surface area is 213 Å². The molecule has 0 saturated carbocycles. The van der Waals surface area contributed by atoms with Gasteiger partial charge in [0.2, 0.25) is 0 Å². The minimum atomic E-state index is -0.977. The van der Waals surface area contributed by atoms with Crippen LogP contribution in [-0.2, 0) is 22.4 Å². The molecule has 1 aromatic carbocycles. The van der Waals surface area contributed by atoms with Gasteiger partial charge in [0.1, 0.15) is 11.6 Å². The highest BCUT2D eigenvalue weighted by atomic mass is 16.5. The number of carboxylic acid groups (broad SMARTS) is 1. The first-order valence-corrected chi connectivity index (χ1v) is 12.0. The zero-order chi connectivity index (χ0) is 25.8. The highest BCUT2D eigenvalue weighted by molar-refractivity contribution is 5.94. The number of aromatic nitrogens is 3. The van der Waals surface area contributed by atoms with Crippen LogP contribution in [0.2, 0.25) is 0 Å². The fourth-order valence-electron chi connectivity index (χ4n) is 4.47. The lowest BCUT2D eigenvalue weighted by Gasteiger charge is -2.26. The van der Waals surface area contributed by atoms with E-state index >= 15 is 0 Å². The Bertz CT molecular complexity index is 1480. The van der Waals surface area contributed by atoms with Crippen LogP contribution in [0.15, 0.2) is 73.2 Å². The SMILES string of the molecule is COC(=O)/C=C(\c1cccnc1)n1ccc2cc(OCCc3ccc4c(n3)N(C(=O)O)CCC4)ccc21. The summed E-state index contributed by atoms with van der Waals surface area (Å²) in [6.07, 6.45) is 7.92. The maximum Gasteiger partial charge on any atom is 0.413 e. The summed E-state index contributed by atoms with van der Waals surface area (Å²) in [5, 5.41) is 10.4. The maximum absolute atomic E-state index is 12.1. The third-order valence-electron chi connectivity index (χ3n) is 6.29. The molecule has 0 bridgehead atoms. The first-order valence-electron chi connectivity index (χ1n) is 12.0. The molecule has 188 valence electrons. The van der Waals surface area contributed by atoms with Crippen molar-refractivity contribution < 1.29 is 24.2 Å². The van der Waals surface area contributed by atoms with Crippen molar-refractivity contribution in [3.8, 4) is 5.75 Å². The van der Waals surface area contributed by atoms with Gasteiger partial charge in [-0.1, -0.05) is 6.07 Å². The lowest BCUT2D eigenvalue weighted by atomic mass is 10.1. The van der Waals surface area contributed by atoms with E-state index in [2.05, 4.69) is 9.97 Å². The van der Waals surface area contributed by atoms with Gasteiger partial charge in [0, 0.05) is 54.3 Å². The number of anilines is 1. The van der Waals surface area contributed by atoms with Crippen LogP contribution in [0.25, 0.3) is 16.6 Å². The number of nitrogens with zero attached hydrogens (tertiary/aromatic N) is 4. The van der Waals surface area contributed by atoms with E-state index in [1.54, 1.807) is 12.4 Å². The summed E-state index contributed by atoms with van der Waals surface area (Å²) >= 11 is 0. The van der Waals surface area contributed by atoms with Crippen LogP contribution in [0.1, 0.15) is 23.2 Å². The Morgan fingerprint density at radius 1 is 1.16 bits per heavy atom. The second-order valence-corrected chi connectivity index (χ2v) is 8.62. The summed E-state index contributed by atoms with van der Waals surface area (Å²) in [4.78, 5) is 33.7. The maximum atomic E-state index is 12.1. The molecule has 37 heavy (non-hydrogen) atoms. The fourth-order valence-corrected chi connectivity index (χ4v) is 4.47. The fraction of sp³-hybridized carbons (Fsp3) is 0.214. The van der Waals surface area contributed by atoms with Gasteiger partial charge in [-0.05, 0) is 60.9 Å². The number of aryl methyl sites for hydroxylation is 1. The number of amides is 1. The average Bonchev–Trinajstić information content (AvgIpc) is 3.34. The monoisotopic (exact) mass is 498 g/mol. The first-order chi connectivity index (χ1) is 18.0. The van der Waals surface area contributed by atoms with Gasteiger partial charge < -0.3 is 19.1 Å². The van der Waals surface area contributed by atoms with E-state index in [-0.39, 0.29) is 0 Å². The predicted molar refractivity (Wildman–Crippen MR) is 139 cm³/mol. The number of esters is 1. The van der Waals surface area contributed by atoms with Gasteiger partial charge in [-0.25, -0.2) is 14.6 Å². The van der Waals surface area contributed by atoms with Crippen molar-refractivity contribution in [2.24, 2.45) is 0 Å². The molecule has 0 saturated heterocycles. The van der Waals surface area contributed by atoms with Crippen LogP contribution in [0.5, 0.6) is 5.75 Å². The minimum absolute atomic E-state index is 0.397. The molecule has 9 nitrogen and oxygen atoms in total. The first kappa shape index (κ1) is 24.1. The molecule has 0 atom stereocenters. The summed E-state index contributed by atoms with van der Waals surface area (Å²) in [6, 6.07) is 15.3. The second-order valence-electron chi connectivity index (χ2n) is 8.62. The van der Waals surface area contributed by atoms with E-state index in [4.69, 9.17) is 9.47 Å². The Kier molecular flexibility index (Phi) is 6.85. The Morgan fingerprint density at radius 2 is 2.05 bits per heavy atom. The van der Waals surface area contributed by atoms with Crippen molar-refractivity contribution in [3.05, 3.63) is 90.0 Å². The third-order valence-corrected chi connectivity index (χ3v) is 6.29. The number of pyridine rings is 2. The number of hydrogen-bond donors (Lipinski definition) is 1. The van der Waals surface area contributed by atoms with Crippen molar-refractivity contribution in [3.63, 3.8) is 0 Å². The smallest absolute Gasteiger partial charge is 0.413 e. The predicted octanol–water partition coefficient (Wildman–Crippen LogP) is 4.55. The molecule has 5 rings (SSSR count).